The van der Waals surface area contributed by atoms with Gasteiger partial charge in [0.15, 0.2) is 0 Å². The van der Waals surface area contributed by atoms with Crippen molar-refractivity contribution in [2.75, 3.05) is 7.05 Å². The highest BCUT2D eigenvalue weighted by atomic mass is 16.1. The Balaban J connectivity index is 2.35. The van der Waals surface area contributed by atoms with Crippen LogP contribution in [0.5, 0.6) is 0 Å². The summed E-state index contributed by atoms with van der Waals surface area (Å²) in [5.41, 5.74) is 1.34. The van der Waals surface area contributed by atoms with Gasteiger partial charge in [0.2, 0.25) is 0 Å². The van der Waals surface area contributed by atoms with E-state index >= 15 is 0 Å². The monoisotopic (exact) mass is 191 g/mol. The Kier molecular flexibility index (Phi) is 2.19. The van der Waals surface area contributed by atoms with Crippen LogP contribution in [0, 0.1) is 6.92 Å². The van der Waals surface area contributed by atoms with Crippen molar-refractivity contribution < 1.29 is 4.79 Å². The van der Waals surface area contributed by atoms with Gasteiger partial charge in [-0.3, -0.25) is 4.79 Å². The fourth-order valence-corrected chi connectivity index (χ4v) is 1.36. The second-order valence-electron chi connectivity index (χ2n) is 3.61. The first kappa shape index (κ1) is 9.12. The minimum Gasteiger partial charge on any atom is -0.354 e. The summed E-state index contributed by atoms with van der Waals surface area (Å²) in [6.45, 7) is 1.89. The normalized spacial score (nSPS) is 15.3. The van der Waals surface area contributed by atoms with Crippen LogP contribution in [-0.2, 0) is 0 Å². The second kappa shape index (κ2) is 3.36. The van der Waals surface area contributed by atoms with Gasteiger partial charge in [-0.25, -0.2) is 9.97 Å². The van der Waals surface area contributed by atoms with Gasteiger partial charge < -0.3 is 5.32 Å². The minimum absolute atomic E-state index is 0.141. The first-order valence-corrected chi connectivity index (χ1v) is 4.78. The maximum Gasteiger partial charge on any atom is 0.269 e. The standard InChI is InChI=1S/C10H13N3O/c1-6-5-8(10(14)11-2)13-9(12-6)7-3-4-7/h5,7H,3-4H2,1-2H3,(H,11,14). The zero-order chi connectivity index (χ0) is 10.1. The van der Waals surface area contributed by atoms with Crippen LogP contribution in [0.2, 0.25) is 0 Å². The van der Waals surface area contributed by atoms with Crippen LogP contribution in [0.3, 0.4) is 0 Å². The van der Waals surface area contributed by atoms with E-state index in [1.54, 1.807) is 13.1 Å². The van der Waals surface area contributed by atoms with Crippen LogP contribution >= 0.6 is 0 Å². The van der Waals surface area contributed by atoms with E-state index in [0.717, 1.165) is 24.4 Å². The summed E-state index contributed by atoms with van der Waals surface area (Å²) in [6.07, 6.45) is 2.30. The molecule has 0 radical (unpaired) electrons. The molecular formula is C10H13N3O. The third-order valence-electron chi connectivity index (χ3n) is 2.27. The molecule has 1 fully saturated rings. The van der Waals surface area contributed by atoms with E-state index in [0.29, 0.717) is 11.6 Å². The maximum absolute atomic E-state index is 11.4. The smallest absolute Gasteiger partial charge is 0.269 e. The zero-order valence-corrected chi connectivity index (χ0v) is 8.37. The van der Waals surface area contributed by atoms with Crippen molar-refractivity contribution >= 4 is 5.91 Å². The first-order chi connectivity index (χ1) is 6.70. The number of carbonyl (C=O) groups excluding carboxylic acids is 1. The average molecular weight is 191 g/mol. The van der Waals surface area contributed by atoms with E-state index in [1.807, 2.05) is 6.92 Å². The molecule has 4 nitrogen and oxygen atoms in total. The van der Waals surface area contributed by atoms with E-state index in [4.69, 9.17) is 0 Å². The fourth-order valence-electron chi connectivity index (χ4n) is 1.36. The Morgan fingerprint density at radius 1 is 1.50 bits per heavy atom. The number of carbonyl (C=O) groups is 1. The molecule has 2 rings (SSSR count). The lowest BCUT2D eigenvalue weighted by atomic mass is 10.3. The molecule has 14 heavy (non-hydrogen) atoms. The molecule has 0 spiro atoms. The van der Waals surface area contributed by atoms with Crippen molar-refractivity contribution in [1.29, 1.82) is 0 Å². The van der Waals surface area contributed by atoms with E-state index < -0.39 is 0 Å². The molecule has 0 unspecified atom stereocenters. The topological polar surface area (TPSA) is 54.9 Å². The van der Waals surface area contributed by atoms with Gasteiger partial charge in [0.05, 0.1) is 0 Å². The van der Waals surface area contributed by atoms with Crippen molar-refractivity contribution in [1.82, 2.24) is 15.3 Å². The predicted octanol–water partition coefficient (Wildman–Crippen LogP) is 1.02. The molecule has 1 aliphatic carbocycles. The number of rotatable bonds is 2. The summed E-state index contributed by atoms with van der Waals surface area (Å²) < 4.78 is 0. The highest BCUT2D eigenvalue weighted by molar-refractivity contribution is 5.92. The van der Waals surface area contributed by atoms with Crippen LogP contribution in [0.4, 0.5) is 0 Å². The zero-order valence-electron chi connectivity index (χ0n) is 8.37. The molecule has 0 aliphatic heterocycles. The molecule has 1 aromatic heterocycles. The van der Waals surface area contributed by atoms with Crippen LogP contribution in [0.25, 0.3) is 0 Å². The van der Waals surface area contributed by atoms with Crippen molar-refractivity contribution in [2.45, 2.75) is 25.7 Å². The third-order valence-corrected chi connectivity index (χ3v) is 2.27. The van der Waals surface area contributed by atoms with Crippen molar-refractivity contribution in [3.63, 3.8) is 0 Å². The Bertz CT molecular complexity index is 372. The molecule has 1 N–H and O–H groups in total. The summed E-state index contributed by atoms with van der Waals surface area (Å²) in [5.74, 6) is 1.17. The van der Waals surface area contributed by atoms with Crippen LogP contribution in [-0.4, -0.2) is 22.9 Å². The van der Waals surface area contributed by atoms with Crippen molar-refractivity contribution in [2.24, 2.45) is 0 Å². The number of amides is 1. The van der Waals surface area contributed by atoms with Crippen LogP contribution < -0.4 is 5.32 Å². The van der Waals surface area contributed by atoms with Crippen molar-refractivity contribution in [3.05, 3.63) is 23.3 Å². The van der Waals surface area contributed by atoms with Gasteiger partial charge in [0.25, 0.3) is 5.91 Å². The van der Waals surface area contributed by atoms with Crippen LogP contribution in [0.15, 0.2) is 6.07 Å². The first-order valence-electron chi connectivity index (χ1n) is 4.78. The van der Waals surface area contributed by atoms with E-state index in [2.05, 4.69) is 15.3 Å². The minimum atomic E-state index is -0.141. The van der Waals surface area contributed by atoms with Gasteiger partial charge in [-0.2, -0.15) is 0 Å². The molecule has 4 heteroatoms. The quantitative estimate of drug-likeness (QED) is 0.759. The summed E-state index contributed by atoms with van der Waals surface area (Å²) in [4.78, 5) is 19.9. The Morgan fingerprint density at radius 2 is 2.21 bits per heavy atom. The van der Waals surface area contributed by atoms with Gasteiger partial charge in [-0.1, -0.05) is 0 Å². The van der Waals surface area contributed by atoms with E-state index in [-0.39, 0.29) is 5.91 Å². The number of aryl methyl sites for hydroxylation is 1. The molecule has 1 aliphatic rings. The number of nitrogens with one attached hydrogen (secondary N) is 1. The van der Waals surface area contributed by atoms with Gasteiger partial charge in [-0.05, 0) is 25.8 Å². The number of hydrogen-bond acceptors (Lipinski definition) is 3. The lowest BCUT2D eigenvalue weighted by Gasteiger charge is -2.03. The fraction of sp³-hybridized carbons (Fsp3) is 0.500. The molecule has 0 bridgehead atoms. The van der Waals surface area contributed by atoms with Gasteiger partial charge in [0, 0.05) is 18.7 Å². The lowest BCUT2D eigenvalue weighted by molar-refractivity contribution is 0.0957. The van der Waals surface area contributed by atoms with Gasteiger partial charge >= 0.3 is 0 Å². The SMILES string of the molecule is CNC(=O)c1cc(C)nc(C2CC2)n1. The lowest BCUT2D eigenvalue weighted by Crippen LogP contribution is -2.20. The molecule has 74 valence electrons. The van der Waals surface area contributed by atoms with Gasteiger partial charge in [-0.15, -0.1) is 0 Å². The molecule has 1 amide bonds. The predicted molar refractivity (Wildman–Crippen MR) is 52.1 cm³/mol. The summed E-state index contributed by atoms with van der Waals surface area (Å²) in [5, 5.41) is 2.57. The van der Waals surface area contributed by atoms with E-state index in [9.17, 15) is 4.79 Å². The van der Waals surface area contributed by atoms with Crippen molar-refractivity contribution in [3.8, 4) is 0 Å². The Labute approximate surface area is 82.8 Å². The molecule has 1 saturated carbocycles. The number of hydrogen-bond donors (Lipinski definition) is 1. The largest absolute Gasteiger partial charge is 0.354 e. The molecule has 0 aromatic carbocycles. The maximum atomic E-state index is 11.4. The highest BCUT2D eigenvalue weighted by Gasteiger charge is 2.27. The van der Waals surface area contributed by atoms with Gasteiger partial charge in [0.1, 0.15) is 11.5 Å². The number of aromatic nitrogens is 2. The Hall–Kier alpha value is -1.45. The molecular weight excluding hydrogens is 178 g/mol. The summed E-state index contributed by atoms with van der Waals surface area (Å²) in [7, 11) is 1.61. The number of nitrogens with zero attached hydrogens (tertiary/aromatic N) is 2. The molecule has 1 heterocycles. The summed E-state index contributed by atoms with van der Waals surface area (Å²) in [6, 6.07) is 1.71. The second-order valence-corrected chi connectivity index (χ2v) is 3.61. The highest BCUT2D eigenvalue weighted by Crippen LogP contribution is 2.37. The summed E-state index contributed by atoms with van der Waals surface area (Å²) >= 11 is 0. The third kappa shape index (κ3) is 1.73. The Morgan fingerprint density at radius 3 is 2.79 bits per heavy atom. The molecule has 0 atom stereocenters. The molecule has 1 aromatic rings. The molecule has 0 saturated heterocycles. The van der Waals surface area contributed by atoms with Crippen LogP contribution in [0.1, 0.15) is 40.8 Å². The average Bonchev–Trinajstić information content (AvgIpc) is 2.98. The van der Waals surface area contributed by atoms with E-state index in [1.165, 1.54) is 0 Å².